The first-order valence-electron chi connectivity index (χ1n) is 43.1. The highest BCUT2D eigenvalue weighted by atomic mass is 16.6. The van der Waals surface area contributed by atoms with E-state index in [-0.39, 0.29) is 129 Å². The topological polar surface area (TPSA) is 404 Å². The van der Waals surface area contributed by atoms with Gasteiger partial charge in [0.15, 0.2) is 69.3 Å². The van der Waals surface area contributed by atoms with Gasteiger partial charge in [-0.3, -0.25) is 0 Å². The van der Waals surface area contributed by atoms with E-state index in [1.54, 1.807) is 56.9 Å². The largest absolute Gasteiger partial charge is 0.487 e. The van der Waals surface area contributed by atoms with Gasteiger partial charge in [0, 0.05) is 101 Å². The second kappa shape index (κ2) is 64.5. The van der Waals surface area contributed by atoms with Crippen LogP contribution in [0.2, 0.25) is 0 Å². The summed E-state index contributed by atoms with van der Waals surface area (Å²) in [5.41, 5.74) is 3.18. The van der Waals surface area contributed by atoms with Gasteiger partial charge in [0.1, 0.15) is 75.4 Å². The lowest BCUT2D eigenvalue weighted by molar-refractivity contribution is 0.0160. The zero-order valence-corrected chi connectivity index (χ0v) is 75.3. The monoisotopic (exact) mass is 1810 g/mol. The van der Waals surface area contributed by atoms with Crippen LogP contribution in [0.4, 0.5) is 0 Å². The molecule has 0 aliphatic carbocycles. The Morgan fingerprint density at radius 3 is 0.422 bits per heavy atom. The highest BCUT2D eigenvalue weighted by Gasteiger charge is 2.29. The molecule has 0 saturated heterocycles. The van der Waals surface area contributed by atoms with Crippen LogP contribution >= 0.6 is 0 Å². The number of fused-ring (bicyclic) bond motifs is 20. The predicted molar refractivity (Wildman–Crippen MR) is 468 cm³/mol. The molecule has 0 amide bonds. The molecule has 0 spiro atoms. The third-order valence-electron chi connectivity index (χ3n) is 18.4. The van der Waals surface area contributed by atoms with Crippen LogP contribution in [0.15, 0.2) is 48.5 Å². The Balaban J connectivity index is 1.28. The van der Waals surface area contributed by atoms with Crippen molar-refractivity contribution in [3.05, 3.63) is 48.5 Å². The van der Waals surface area contributed by atoms with Crippen LogP contribution < -0.4 is 37.9 Å². The SMILES string of the molecule is COCCOCCOCCOc1cc2c(cc1OCCOCCOCCOC)-c1nc-2nc2[nH]c(nc3nc(nc4[nH]c(n1)c1cc(OCCOCCOCCOC)c(OCCOCCOCCOC)cc41)-c1cc(OCCOCCOCCOC)c(OCCOCCOCCOC)cc1-3)c1cc(OCCOCCOCCOC)c(OCCOCCOCCOC)cc21. The Morgan fingerprint density at radius 2 is 0.281 bits per heavy atom. The van der Waals surface area contributed by atoms with Gasteiger partial charge in [-0.05, 0) is 48.5 Å². The minimum atomic E-state index is 0.105. The Bertz CT molecular complexity index is 3830. The summed E-state index contributed by atoms with van der Waals surface area (Å²) in [4.78, 5) is 39.9. The van der Waals surface area contributed by atoms with E-state index in [2.05, 4.69) is 9.97 Å². The molecule has 5 heterocycles. The van der Waals surface area contributed by atoms with E-state index < -0.39 is 0 Å². The maximum atomic E-state index is 6.65. The fourth-order valence-corrected chi connectivity index (χ4v) is 12.1. The first kappa shape index (κ1) is 103. The molecule has 714 valence electrons. The number of benzene rings is 4. The van der Waals surface area contributed by atoms with Crippen molar-refractivity contribution in [2.45, 2.75) is 0 Å². The lowest BCUT2D eigenvalue weighted by Gasteiger charge is -2.15. The molecule has 4 aromatic carbocycles. The minimum Gasteiger partial charge on any atom is -0.487 e. The Kier molecular flexibility index (Phi) is 52.1. The molecular formula is C88H130N8O32. The molecule has 9 rings (SSSR count). The first-order valence-corrected chi connectivity index (χ1v) is 43.1. The molecular weight excluding hydrogens is 1680 g/mol. The van der Waals surface area contributed by atoms with Crippen LogP contribution in [-0.4, -0.2) is 414 Å². The van der Waals surface area contributed by atoms with E-state index in [0.29, 0.717) is 324 Å². The number of ether oxygens (including phenoxy) is 32. The third kappa shape index (κ3) is 37.1. The summed E-state index contributed by atoms with van der Waals surface area (Å²) < 4.78 is 188. The lowest BCUT2D eigenvalue weighted by atomic mass is 10.1. The van der Waals surface area contributed by atoms with E-state index >= 15 is 0 Å². The van der Waals surface area contributed by atoms with Crippen molar-refractivity contribution in [2.75, 3.05) is 374 Å². The standard InChI is InChI=1S/C88H130N8O32/c1-97-9-17-105-25-33-113-41-49-121-73-57-65-66(58-74(73)122-50-42-114-34-26-106-18-10-98-2)82-89-81(65)93-83-67-59-75(123-51-43-115-35-27-107-19-11-99-3)76(124-52-44-116-36-28-108-20-12-100-4)60-68(67)85(90-83)95-87-71-63-79(127-55-47-119-39-31-111-23-15-103-7)80(128-56-48-120-40-32-112-24-16-104-8)64-72(71)88(92-87)96-86-70-62-78(126-54-46-118-38-30-110-22-14-102-6)77(61-69(70)84(91-86)94-82)125-53-45-117-37-29-109-21-13-101-5/h57-64H,9-56H2,1-8H3,(H2,89,90,91,92,93,94,95,96). The van der Waals surface area contributed by atoms with Crippen molar-refractivity contribution in [3.63, 3.8) is 0 Å². The van der Waals surface area contributed by atoms with E-state index in [1.165, 1.54) is 0 Å². The van der Waals surface area contributed by atoms with Crippen LogP contribution in [-0.2, 0) is 114 Å². The molecule has 2 aliphatic heterocycles. The molecule has 2 N–H and O–H groups in total. The molecule has 0 radical (unpaired) electrons. The third-order valence-corrected chi connectivity index (χ3v) is 18.4. The average molecular weight is 1810 g/mol. The summed E-state index contributed by atoms with van der Waals surface area (Å²) in [6.45, 7) is 14.7. The average Bonchev–Trinajstić information content (AvgIpc) is 1.59. The zero-order valence-electron chi connectivity index (χ0n) is 75.3. The molecule has 2 aliphatic rings. The van der Waals surface area contributed by atoms with E-state index in [0.717, 1.165) is 0 Å². The summed E-state index contributed by atoms with van der Waals surface area (Å²) in [6, 6.07) is 14.6. The maximum absolute atomic E-state index is 6.65. The number of rotatable bonds is 80. The Hall–Kier alpha value is -8.32. The number of methoxy groups -OCH3 is 8. The van der Waals surface area contributed by atoms with Crippen molar-refractivity contribution in [1.29, 1.82) is 0 Å². The maximum Gasteiger partial charge on any atom is 0.164 e. The summed E-state index contributed by atoms with van der Waals surface area (Å²) in [7, 11) is 13.0. The van der Waals surface area contributed by atoms with Gasteiger partial charge in [0.25, 0.3) is 0 Å². The van der Waals surface area contributed by atoms with Gasteiger partial charge in [-0.25, -0.2) is 29.9 Å². The van der Waals surface area contributed by atoms with Crippen LogP contribution in [0.25, 0.3) is 89.7 Å². The number of hydrogen-bond donors (Lipinski definition) is 2. The summed E-state index contributed by atoms with van der Waals surface area (Å²) in [5, 5.41) is 2.12. The van der Waals surface area contributed by atoms with Gasteiger partial charge < -0.3 is 162 Å². The second-order valence-corrected chi connectivity index (χ2v) is 27.5. The minimum absolute atomic E-state index is 0.105. The van der Waals surface area contributed by atoms with Gasteiger partial charge >= 0.3 is 0 Å². The van der Waals surface area contributed by atoms with E-state index in [1.807, 2.05) is 48.5 Å². The molecule has 0 unspecified atom stereocenters. The van der Waals surface area contributed by atoms with Crippen molar-refractivity contribution in [3.8, 4) is 91.5 Å². The number of hydrogen-bond acceptors (Lipinski definition) is 38. The number of nitrogens with one attached hydrogen (secondary N) is 2. The zero-order chi connectivity index (χ0) is 89.7. The first-order chi connectivity index (χ1) is 63.3. The summed E-state index contributed by atoms with van der Waals surface area (Å²) in [6.07, 6.45) is 0. The Labute approximate surface area is 746 Å². The predicted octanol–water partition coefficient (Wildman–Crippen LogP) is 7.34. The van der Waals surface area contributed by atoms with Gasteiger partial charge in [0.05, 0.1) is 264 Å². The fraction of sp³-hybridized carbons (Fsp3) is 0.636. The van der Waals surface area contributed by atoms with Gasteiger partial charge in [-0.15, -0.1) is 0 Å². The van der Waals surface area contributed by atoms with Crippen molar-refractivity contribution >= 4 is 44.1 Å². The van der Waals surface area contributed by atoms with Crippen molar-refractivity contribution < 1.29 is 152 Å². The molecule has 0 atom stereocenters. The fourth-order valence-electron chi connectivity index (χ4n) is 12.1. The van der Waals surface area contributed by atoms with Gasteiger partial charge in [0.2, 0.25) is 0 Å². The molecule has 128 heavy (non-hydrogen) atoms. The Morgan fingerprint density at radius 1 is 0.156 bits per heavy atom. The smallest absolute Gasteiger partial charge is 0.164 e. The van der Waals surface area contributed by atoms with E-state index in [9.17, 15) is 0 Å². The van der Waals surface area contributed by atoms with Crippen LogP contribution in [0.3, 0.4) is 0 Å². The molecule has 8 bridgehead atoms. The molecule has 0 fully saturated rings. The number of aromatic amines is 2. The van der Waals surface area contributed by atoms with Crippen LogP contribution in [0.1, 0.15) is 0 Å². The van der Waals surface area contributed by atoms with Gasteiger partial charge in [-0.1, -0.05) is 0 Å². The summed E-state index contributed by atoms with van der Waals surface area (Å²) in [5.74, 6) is 3.56. The van der Waals surface area contributed by atoms with Crippen molar-refractivity contribution in [2.24, 2.45) is 0 Å². The van der Waals surface area contributed by atoms with Gasteiger partial charge in [-0.2, -0.15) is 0 Å². The molecule has 3 aromatic heterocycles. The normalized spacial score (nSPS) is 11.8. The lowest BCUT2D eigenvalue weighted by Crippen LogP contribution is -2.14. The summed E-state index contributed by atoms with van der Waals surface area (Å²) >= 11 is 0. The van der Waals surface area contributed by atoms with Crippen LogP contribution in [0, 0.1) is 0 Å². The number of H-pyrrole nitrogens is 2. The van der Waals surface area contributed by atoms with Crippen molar-refractivity contribution in [1.82, 2.24) is 39.9 Å². The molecule has 40 nitrogen and oxygen atoms in total. The van der Waals surface area contributed by atoms with E-state index in [4.69, 9.17) is 181 Å². The highest BCUT2D eigenvalue weighted by Crippen LogP contribution is 2.46. The van der Waals surface area contributed by atoms with Crippen LogP contribution in [0.5, 0.6) is 46.0 Å². The number of nitrogens with zero attached hydrogens (tertiary/aromatic N) is 6. The number of aromatic nitrogens is 8. The molecule has 40 heteroatoms. The highest BCUT2D eigenvalue weighted by molar-refractivity contribution is 6.08. The molecule has 7 aromatic rings. The molecule has 0 saturated carbocycles. The second-order valence-electron chi connectivity index (χ2n) is 27.5. The quantitative estimate of drug-likeness (QED) is 0.0352.